The molecule has 0 aliphatic carbocycles. The number of rotatable bonds is 31. The maximum Gasteiger partial charge on any atom is 0.519 e. The Kier molecular flexibility index (Phi) is 35.1. The summed E-state index contributed by atoms with van der Waals surface area (Å²) >= 11 is 0. The van der Waals surface area contributed by atoms with Gasteiger partial charge in [0.1, 0.15) is 94.5 Å². The van der Waals surface area contributed by atoms with Crippen molar-refractivity contribution in [3.05, 3.63) is 376 Å². The molecule has 6 aliphatic rings. The quantitative estimate of drug-likeness (QED) is 0.00673. The minimum Gasteiger partial charge on any atom is -0.508 e. The summed E-state index contributed by atoms with van der Waals surface area (Å²) in [5.41, 5.74) is 4.52. The Morgan fingerprint density at radius 1 is 0.411 bits per heavy atom. The summed E-state index contributed by atoms with van der Waals surface area (Å²) in [4.78, 5) is 170. The summed E-state index contributed by atoms with van der Waals surface area (Å²) in [5, 5.41) is 40.9. The zero-order valence-electron chi connectivity index (χ0n) is 79.6. The molecule has 6 aliphatic heterocycles. The summed E-state index contributed by atoms with van der Waals surface area (Å²) in [7, 11) is 3.77. The molecule has 0 spiro atoms. The number of hydrogen-bond acceptors (Lipinski definition) is 21. The number of fused-ring (bicyclic) bond motifs is 3. The van der Waals surface area contributed by atoms with Crippen LogP contribution in [0.4, 0.5) is 56.0 Å². The molecule has 13 amide bonds. The summed E-state index contributed by atoms with van der Waals surface area (Å²) in [6.45, 7) is 11.9. The molecule has 0 saturated carbocycles. The van der Waals surface area contributed by atoms with Crippen LogP contribution in [0.5, 0.6) is 23.0 Å². The lowest BCUT2D eigenvalue weighted by Crippen LogP contribution is -2.76. The van der Waals surface area contributed by atoms with Gasteiger partial charge in [-0.25, -0.2) is 80.4 Å². The van der Waals surface area contributed by atoms with Crippen molar-refractivity contribution in [3.8, 4) is 23.0 Å². The minimum absolute atomic E-state index is 0.0262. The fraction of sp³-hybridized carbons (Fsp3) is 0.267. The molecule has 35 nitrogen and oxygen atoms in total. The average molecular weight is 2010 g/mol. The number of amides is 13. The van der Waals surface area contributed by atoms with E-state index in [1.54, 1.807) is 76.8 Å². The molecule has 760 valence electrons. The van der Waals surface area contributed by atoms with E-state index in [0.717, 1.165) is 53.1 Å². The first-order chi connectivity index (χ1) is 70.3. The van der Waals surface area contributed by atoms with Crippen LogP contribution in [0, 0.1) is 45.0 Å². The van der Waals surface area contributed by atoms with E-state index in [4.69, 9.17) is 14.2 Å². The number of nitro groups is 1. The van der Waals surface area contributed by atoms with Crippen LogP contribution < -0.4 is 35.5 Å². The number of halogens is 6. The SMILES string of the molecule is C=CCN1CC(=O)N2[C@@H](Cc3ccc(O)cc3)C(=O)N(Cc3ccc(F)cc3F)C[C@@H]2N1C(=O)NCc1ccccc1.C=CCN1CC(=O)N2[C@@H](Cc3ccc(OC(=O)NCCN(C)C)cc3)C(=O)N(Cc3ccc(F)cc3F)C[C@@H]2N1C(=O)NCc1ccccc1.C=CCN1CC(=O)N2[C@@H](Cc3ccc(OC(=O)Oc4ccc([N+](=O)[O-])cc4)cc3)C(=O)N(Cc3ccc(F)cc3F)C[C@@H]2N1C(=O)NCc1ccccc1. The molecule has 6 saturated heterocycles. The van der Waals surface area contributed by atoms with Gasteiger partial charge in [0.25, 0.3) is 5.69 Å². The van der Waals surface area contributed by atoms with Gasteiger partial charge in [0.15, 0.2) is 0 Å². The Hall–Kier alpha value is -16.8. The van der Waals surface area contributed by atoms with Gasteiger partial charge >= 0.3 is 30.3 Å². The molecule has 10 aromatic rings. The van der Waals surface area contributed by atoms with Gasteiger partial charge in [0, 0.05) is 138 Å². The highest BCUT2D eigenvalue weighted by molar-refractivity contribution is 5.94. The van der Waals surface area contributed by atoms with Crippen molar-refractivity contribution >= 4 is 71.5 Å². The summed E-state index contributed by atoms with van der Waals surface area (Å²) in [6, 6.07) is 56.2. The molecule has 10 aromatic carbocycles. The predicted octanol–water partition coefficient (Wildman–Crippen LogP) is 11.9. The number of hydrogen-bond donors (Lipinski definition) is 5. The van der Waals surface area contributed by atoms with Gasteiger partial charge in [-0.15, -0.1) is 19.7 Å². The van der Waals surface area contributed by atoms with Crippen molar-refractivity contribution in [1.82, 2.24) is 85.6 Å². The number of phenolic OH excluding ortho intramolecular Hbond substituents is 1. The molecule has 6 atom stereocenters. The number of piperazine rings is 3. The number of nitrogens with one attached hydrogen (secondary N) is 4. The summed E-state index contributed by atoms with van der Waals surface area (Å²) in [5.74, 6) is -6.84. The second-order valence-corrected chi connectivity index (χ2v) is 35.0. The van der Waals surface area contributed by atoms with Crippen LogP contribution in [0.1, 0.15) is 50.1 Å². The molecule has 6 fully saturated rings. The first kappa shape index (κ1) is 105. The van der Waals surface area contributed by atoms with Gasteiger partial charge in [-0.3, -0.25) is 38.9 Å². The third-order valence-electron chi connectivity index (χ3n) is 24.7. The number of non-ortho nitro benzene ring substituents is 1. The highest BCUT2D eigenvalue weighted by Gasteiger charge is 2.55. The second kappa shape index (κ2) is 48.8. The normalized spacial score (nSPS) is 17.9. The number of nitrogens with zero attached hydrogens (tertiary/aromatic N) is 14. The molecule has 146 heavy (non-hydrogen) atoms. The standard InChI is InChI=1S/C38H34F2N6O8.C36H41F2N7O5.C31H31F2N5O4/c1-2-18-43-24-35(47)44-33(19-25-8-14-30(15-9-25)53-38(50)54-31-16-12-29(13-17-31)46(51)52)36(48)42(22-27-10-11-28(39)20-32(27)40)23-34(44)45(43)37(49)41-21-26-6-4-3-5-7-26;1-4-17-43-24-33(46)44-31(19-25-10-14-29(15-11-25)50-36(49)39-16-18-41(2)3)34(47)42(22-27-12-13-28(37)20-30(27)38)23-32(44)45(43)35(48)40-21-26-8-6-5-7-9-26;1-2-14-36-20-29(40)37-27(15-21-8-12-25(39)13-9-21)30(41)35(18-23-10-11-24(32)16-26(23)33)19-28(37)38(36)31(42)34-17-22-6-4-3-5-7-22/h2-17,20,33-34H,1,18-19,21-24H2,(H,41,49);4-15,20,31-32H,1,16-19,21-24H2,2-3H3,(H,39,49)(H,40,48);2-13,16,27-28,39H,1,14-15,17-20H2,(H,34,42)/t33-,34-;31-,32-;27-,28-/m000/s1. The number of ether oxygens (including phenoxy) is 3. The van der Waals surface area contributed by atoms with Crippen LogP contribution >= 0.6 is 0 Å². The molecule has 5 N–H and O–H groups in total. The van der Waals surface area contributed by atoms with E-state index in [2.05, 4.69) is 41.0 Å². The van der Waals surface area contributed by atoms with E-state index in [1.807, 2.05) is 110 Å². The molecule has 0 unspecified atom stereocenters. The molecule has 0 aromatic heterocycles. The number of carbonyl (C=O) groups is 11. The number of urea groups is 3. The lowest BCUT2D eigenvalue weighted by Gasteiger charge is -2.55. The Morgan fingerprint density at radius 3 is 1.01 bits per heavy atom. The third kappa shape index (κ3) is 26.6. The average Bonchev–Trinajstić information content (AvgIpc) is 0.749. The molecule has 16 rings (SSSR count). The number of nitro benzene ring substituents is 1. The van der Waals surface area contributed by atoms with E-state index in [1.165, 1.54) is 116 Å². The van der Waals surface area contributed by atoms with Crippen LogP contribution in [-0.2, 0) is 87.3 Å². The van der Waals surface area contributed by atoms with Gasteiger partial charge in [0.2, 0.25) is 35.4 Å². The fourth-order valence-electron chi connectivity index (χ4n) is 17.7. The van der Waals surface area contributed by atoms with Crippen LogP contribution in [0.3, 0.4) is 0 Å². The molecular weight excluding hydrogens is 1900 g/mol. The monoisotopic (exact) mass is 2000 g/mol. The lowest BCUT2D eigenvalue weighted by atomic mass is 9.98. The predicted molar refractivity (Wildman–Crippen MR) is 520 cm³/mol. The zero-order valence-corrected chi connectivity index (χ0v) is 79.6. The number of benzene rings is 10. The largest absolute Gasteiger partial charge is 0.519 e. The van der Waals surface area contributed by atoms with Gasteiger partial charge < -0.3 is 74.9 Å². The van der Waals surface area contributed by atoms with E-state index in [-0.39, 0.29) is 175 Å². The first-order valence-electron chi connectivity index (χ1n) is 46.5. The smallest absolute Gasteiger partial charge is 0.508 e. The maximum absolute atomic E-state index is 14.9. The zero-order chi connectivity index (χ0) is 104. The Labute approximate surface area is 836 Å². The summed E-state index contributed by atoms with van der Waals surface area (Å²) < 4.78 is 101. The second-order valence-electron chi connectivity index (χ2n) is 35.0. The van der Waals surface area contributed by atoms with Crippen molar-refractivity contribution < 1.29 is 103 Å². The van der Waals surface area contributed by atoms with Crippen molar-refractivity contribution in [1.29, 1.82) is 0 Å². The van der Waals surface area contributed by atoms with Gasteiger partial charge in [-0.2, -0.15) is 0 Å². The molecule has 6 heterocycles. The molecule has 0 radical (unpaired) electrons. The van der Waals surface area contributed by atoms with Crippen molar-refractivity contribution in [3.63, 3.8) is 0 Å². The highest BCUT2D eigenvalue weighted by atomic mass is 19.2. The third-order valence-corrected chi connectivity index (χ3v) is 24.7. The van der Waals surface area contributed by atoms with Crippen LogP contribution in [0.2, 0.25) is 0 Å². The fourth-order valence-corrected chi connectivity index (χ4v) is 17.7. The van der Waals surface area contributed by atoms with E-state index >= 15 is 0 Å². The van der Waals surface area contributed by atoms with Crippen molar-refractivity contribution in [2.75, 3.05) is 86.1 Å². The first-order valence-corrected chi connectivity index (χ1v) is 46.5. The Balaban J connectivity index is 0.000000174. The van der Waals surface area contributed by atoms with E-state index in [9.17, 15) is 94.3 Å². The van der Waals surface area contributed by atoms with Gasteiger partial charge in [-0.05, 0) is 114 Å². The Morgan fingerprint density at radius 2 is 0.712 bits per heavy atom. The number of hydrazine groups is 3. The van der Waals surface area contributed by atoms with Crippen molar-refractivity contribution in [2.24, 2.45) is 0 Å². The van der Waals surface area contributed by atoms with Crippen molar-refractivity contribution in [2.45, 2.75) is 95.2 Å². The van der Waals surface area contributed by atoms with Crippen LogP contribution in [0.15, 0.2) is 281 Å². The lowest BCUT2D eigenvalue weighted by molar-refractivity contribution is -0.384. The van der Waals surface area contributed by atoms with E-state index < -0.39 is 130 Å². The van der Waals surface area contributed by atoms with Gasteiger partial charge in [-0.1, -0.05) is 164 Å². The topological polar surface area (TPSA) is 369 Å². The highest BCUT2D eigenvalue weighted by Crippen LogP contribution is 2.36. The minimum atomic E-state index is -1.14. The number of phenols is 1. The summed E-state index contributed by atoms with van der Waals surface area (Å²) in [6.07, 6.45) is 0.242. The van der Waals surface area contributed by atoms with E-state index in [0.29, 0.717) is 29.8 Å². The van der Waals surface area contributed by atoms with Crippen LogP contribution in [0.25, 0.3) is 0 Å². The maximum atomic E-state index is 14.9. The molecule has 41 heteroatoms. The Bertz CT molecular complexity index is 6420. The molecular formula is C105H106F6N18O17. The molecule has 0 bridgehead atoms. The number of likely N-dealkylation sites (N-methyl/N-ethyl adjacent to an activating group) is 1. The van der Waals surface area contributed by atoms with Crippen LogP contribution in [-0.4, -0.2) is 263 Å². The number of carbonyl (C=O) groups excluding carboxylic acids is 11. The number of aromatic hydroxyl groups is 1. The van der Waals surface area contributed by atoms with Gasteiger partial charge in [0.05, 0.1) is 44.2 Å².